The third-order valence-corrected chi connectivity index (χ3v) is 2.95. The molecule has 18 heavy (non-hydrogen) atoms. The van der Waals surface area contributed by atoms with Gasteiger partial charge in [-0.2, -0.15) is 0 Å². The molecule has 2 rings (SSSR count). The molecule has 0 aliphatic heterocycles. The minimum absolute atomic E-state index is 0.508. The van der Waals surface area contributed by atoms with Crippen molar-refractivity contribution in [3.63, 3.8) is 0 Å². The zero-order chi connectivity index (χ0) is 12.8. The number of benzene rings is 2. The van der Waals surface area contributed by atoms with Crippen molar-refractivity contribution in [2.45, 2.75) is 13.3 Å². The van der Waals surface area contributed by atoms with E-state index in [9.17, 15) is 0 Å². The summed E-state index contributed by atoms with van der Waals surface area (Å²) in [6.45, 7) is 2.62. The Morgan fingerprint density at radius 1 is 1.11 bits per heavy atom. The number of hydrogen-bond donors (Lipinski definition) is 0. The second kappa shape index (κ2) is 5.89. The van der Waals surface area contributed by atoms with E-state index in [0.29, 0.717) is 6.54 Å². The average Bonchev–Trinajstić information content (AvgIpc) is 2.40. The molecule has 0 unspecified atom stereocenters. The third-order valence-electron chi connectivity index (χ3n) is 2.95. The molecule has 0 atom stereocenters. The molecule has 90 valence electrons. The van der Waals surface area contributed by atoms with Crippen LogP contribution in [-0.4, -0.2) is 6.54 Å². The number of azide groups is 1. The lowest BCUT2D eigenvalue weighted by Gasteiger charge is -2.07. The molecule has 0 bridgehead atoms. The highest BCUT2D eigenvalue weighted by molar-refractivity contribution is 5.67. The molecule has 2 aromatic carbocycles. The lowest BCUT2D eigenvalue weighted by molar-refractivity contribution is 0.956. The van der Waals surface area contributed by atoms with Crippen LogP contribution in [0.2, 0.25) is 0 Å². The van der Waals surface area contributed by atoms with Crippen molar-refractivity contribution in [1.82, 2.24) is 0 Å². The Kier molecular flexibility index (Phi) is 4.00. The Balaban J connectivity index is 2.27. The molecule has 2 aromatic rings. The molecule has 0 aromatic heterocycles. The minimum atomic E-state index is 0.508. The van der Waals surface area contributed by atoms with Gasteiger partial charge in [-0.15, -0.1) is 0 Å². The van der Waals surface area contributed by atoms with Gasteiger partial charge in [0.25, 0.3) is 0 Å². The van der Waals surface area contributed by atoms with Crippen molar-refractivity contribution in [3.05, 3.63) is 70.1 Å². The molecule has 3 heteroatoms. The Bertz CT molecular complexity index is 584. The van der Waals surface area contributed by atoms with Gasteiger partial charge in [0.2, 0.25) is 0 Å². The van der Waals surface area contributed by atoms with Crippen molar-refractivity contribution in [1.29, 1.82) is 0 Å². The summed E-state index contributed by atoms with van der Waals surface area (Å²) in [5.41, 5.74) is 13.2. The standard InChI is InChI=1S/C15H15N3/c1-12-5-2-3-8-15(12)14-7-4-6-13(11-14)9-10-17-18-16/h2-8,11H,9-10H2,1H3. The summed E-state index contributed by atoms with van der Waals surface area (Å²) in [6.07, 6.45) is 0.782. The van der Waals surface area contributed by atoms with Gasteiger partial charge in [0.15, 0.2) is 0 Å². The highest BCUT2D eigenvalue weighted by Gasteiger charge is 2.01. The minimum Gasteiger partial charge on any atom is -0.0936 e. The first-order chi connectivity index (χ1) is 8.81. The van der Waals surface area contributed by atoms with Gasteiger partial charge in [0.05, 0.1) is 0 Å². The lowest BCUT2D eigenvalue weighted by atomic mass is 9.98. The SMILES string of the molecule is Cc1ccccc1-c1cccc(CCN=[N+]=[N-])c1. The second-order valence-corrected chi connectivity index (χ2v) is 4.22. The molecule has 0 aliphatic carbocycles. The predicted octanol–water partition coefficient (Wildman–Crippen LogP) is 4.51. The number of nitrogens with zero attached hydrogens (tertiary/aromatic N) is 3. The summed E-state index contributed by atoms with van der Waals surface area (Å²) in [5, 5.41) is 3.57. The van der Waals surface area contributed by atoms with E-state index in [-0.39, 0.29) is 0 Å². The van der Waals surface area contributed by atoms with E-state index in [1.54, 1.807) is 0 Å². The molecule has 0 heterocycles. The summed E-state index contributed by atoms with van der Waals surface area (Å²) in [4.78, 5) is 2.77. The maximum absolute atomic E-state index is 8.27. The Labute approximate surface area is 107 Å². The van der Waals surface area contributed by atoms with Crippen LogP contribution < -0.4 is 0 Å². The zero-order valence-corrected chi connectivity index (χ0v) is 10.4. The predicted molar refractivity (Wildman–Crippen MR) is 74.3 cm³/mol. The molecule has 0 aliphatic rings. The van der Waals surface area contributed by atoms with Crippen LogP contribution in [0.4, 0.5) is 0 Å². The molecule has 0 radical (unpaired) electrons. The van der Waals surface area contributed by atoms with E-state index in [0.717, 1.165) is 6.42 Å². The largest absolute Gasteiger partial charge is 0.0936 e. The second-order valence-electron chi connectivity index (χ2n) is 4.22. The van der Waals surface area contributed by atoms with Crippen LogP contribution in [0.1, 0.15) is 11.1 Å². The van der Waals surface area contributed by atoms with Gasteiger partial charge in [-0.25, -0.2) is 0 Å². The van der Waals surface area contributed by atoms with Crippen LogP contribution in [0.3, 0.4) is 0 Å². The van der Waals surface area contributed by atoms with E-state index >= 15 is 0 Å². The van der Waals surface area contributed by atoms with Crippen LogP contribution in [0.5, 0.6) is 0 Å². The molecule has 0 fully saturated rings. The van der Waals surface area contributed by atoms with E-state index < -0.39 is 0 Å². The van der Waals surface area contributed by atoms with Crippen LogP contribution in [0.25, 0.3) is 21.6 Å². The van der Waals surface area contributed by atoms with Gasteiger partial charge in [-0.1, -0.05) is 53.6 Å². The van der Waals surface area contributed by atoms with E-state index in [1.807, 2.05) is 12.1 Å². The van der Waals surface area contributed by atoms with Gasteiger partial charge in [0, 0.05) is 11.5 Å². The summed E-state index contributed by atoms with van der Waals surface area (Å²) in [6, 6.07) is 16.7. The van der Waals surface area contributed by atoms with E-state index in [4.69, 9.17) is 5.53 Å². The summed E-state index contributed by atoms with van der Waals surface area (Å²) in [5.74, 6) is 0. The number of rotatable bonds is 4. The molecule has 0 N–H and O–H groups in total. The smallest absolute Gasteiger partial charge is 0.0298 e. The summed E-state index contributed by atoms with van der Waals surface area (Å²) >= 11 is 0. The van der Waals surface area contributed by atoms with Crippen LogP contribution in [0, 0.1) is 6.92 Å². The average molecular weight is 237 g/mol. The Morgan fingerprint density at radius 3 is 2.72 bits per heavy atom. The molecular weight excluding hydrogens is 222 g/mol. The molecule has 0 saturated heterocycles. The van der Waals surface area contributed by atoms with Crippen LogP contribution >= 0.6 is 0 Å². The van der Waals surface area contributed by atoms with Gasteiger partial charge in [-0.3, -0.25) is 0 Å². The maximum Gasteiger partial charge on any atom is 0.0298 e. The molecular formula is C15H15N3. The molecule has 0 amide bonds. The molecule has 0 spiro atoms. The first-order valence-electron chi connectivity index (χ1n) is 5.97. The molecule has 0 saturated carbocycles. The quantitative estimate of drug-likeness (QED) is 0.426. The normalized spacial score (nSPS) is 9.83. The third kappa shape index (κ3) is 2.90. The van der Waals surface area contributed by atoms with Gasteiger partial charge in [-0.05, 0) is 41.1 Å². The monoisotopic (exact) mass is 237 g/mol. The van der Waals surface area contributed by atoms with Crippen molar-refractivity contribution in [2.75, 3.05) is 6.54 Å². The first-order valence-corrected chi connectivity index (χ1v) is 5.97. The fourth-order valence-corrected chi connectivity index (χ4v) is 2.01. The van der Waals surface area contributed by atoms with Crippen molar-refractivity contribution in [2.24, 2.45) is 5.11 Å². The zero-order valence-electron chi connectivity index (χ0n) is 10.4. The Hall–Kier alpha value is -2.25. The maximum atomic E-state index is 8.27. The van der Waals surface area contributed by atoms with Crippen molar-refractivity contribution >= 4 is 0 Å². The van der Waals surface area contributed by atoms with Crippen molar-refractivity contribution < 1.29 is 0 Å². The summed E-state index contributed by atoms with van der Waals surface area (Å²) < 4.78 is 0. The Morgan fingerprint density at radius 2 is 1.94 bits per heavy atom. The topological polar surface area (TPSA) is 48.8 Å². The van der Waals surface area contributed by atoms with E-state index in [2.05, 4.69) is 53.3 Å². The van der Waals surface area contributed by atoms with Gasteiger partial charge in [0.1, 0.15) is 0 Å². The lowest BCUT2D eigenvalue weighted by Crippen LogP contribution is -1.90. The van der Waals surface area contributed by atoms with Crippen LogP contribution in [-0.2, 0) is 6.42 Å². The summed E-state index contributed by atoms with van der Waals surface area (Å²) in [7, 11) is 0. The van der Waals surface area contributed by atoms with Crippen molar-refractivity contribution in [3.8, 4) is 11.1 Å². The van der Waals surface area contributed by atoms with E-state index in [1.165, 1.54) is 22.3 Å². The molecule has 3 nitrogen and oxygen atoms in total. The fourth-order valence-electron chi connectivity index (χ4n) is 2.01. The number of aryl methyl sites for hydroxylation is 1. The fraction of sp³-hybridized carbons (Fsp3) is 0.200. The number of hydrogen-bond acceptors (Lipinski definition) is 1. The van der Waals surface area contributed by atoms with Gasteiger partial charge >= 0.3 is 0 Å². The van der Waals surface area contributed by atoms with Crippen LogP contribution in [0.15, 0.2) is 53.6 Å². The highest BCUT2D eigenvalue weighted by Crippen LogP contribution is 2.23. The first kappa shape index (κ1) is 12.2. The highest BCUT2D eigenvalue weighted by atomic mass is 15.1. The van der Waals surface area contributed by atoms with Gasteiger partial charge < -0.3 is 0 Å².